The molecule has 0 N–H and O–H groups in total. The average Bonchev–Trinajstić information content (AvgIpc) is 2.03. The molecule has 0 aliphatic rings. The molecule has 0 amide bonds. The van der Waals surface area contributed by atoms with E-state index in [2.05, 4.69) is 17.9 Å². The lowest BCUT2D eigenvalue weighted by molar-refractivity contribution is 1.36. The van der Waals surface area contributed by atoms with Crippen LogP contribution in [0.15, 0.2) is 18.2 Å². The molecule has 1 heteroatoms. The molecule has 0 saturated heterocycles. The Balaban J connectivity index is 2.92. The molecule has 0 fully saturated rings. The molecule has 1 aromatic carbocycles. The van der Waals surface area contributed by atoms with Crippen LogP contribution in [0.3, 0.4) is 0 Å². The highest BCUT2D eigenvalue weighted by Crippen LogP contribution is 2.07. The van der Waals surface area contributed by atoms with Crippen LogP contribution >= 0.6 is 0 Å². The third-order valence-corrected chi connectivity index (χ3v) is 1.62. The van der Waals surface area contributed by atoms with E-state index in [-0.39, 0.29) is 0 Å². The maximum Gasteiger partial charge on any atom is 0.0966 e. The zero-order valence-electron chi connectivity index (χ0n) is 7.89. The van der Waals surface area contributed by atoms with Crippen LogP contribution in [0.1, 0.15) is 23.1 Å². The van der Waals surface area contributed by atoms with Gasteiger partial charge in [0, 0.05) is 5.56 Å². The van der Waals surface area contributed by atoms with Gasteiger partial charge in [-0.2, -0.15) is 5.26 Å². The van der Waals surface area contributed by atoms with Crippen molar-refractivity contribution in [3.63, 3.8) is 0 Å². The van der Waals surface area contributed by atoms with Crippen LogP contribution in [-0.2, 0) is 0 Å². The summed E-state index contributed by atoms with van der Waals surface area (Å²) in [6, 6.07) is 8.15. The largest absolute Gasteiger partial charge is 0.197 e. The van der Waals surface area contributed by atoms with Gasteiger partial charge in [0.25, 0.3) is 0 Å². The van der Waals surface area contributed by atoms with E-state index < -0.39 is 0 Å². The van der Waals surface area contributed by atoms with Crippen LogP contribution in [0.25, 0.3) is 0 Å². The predicted octanol–water partition coefficient (Wildman–Crippen LogP) is 2.57. The third-order valence-electron chi connectivity index (χ3n) is 1.62. The molecule has 1 aromatic rings. The number of nitrogens with zero attached hydrogens (tertiary/aromatic N) is 1. The summed E-state index contributed by atoms with van der Waals surface area (Å²) in [6.07, 6.45) is 0.299. The molecule has 0 aliphatic heterocycles. The Hall–Kier alpha value is -1.73. The summed E-state index contributed by atoms with van der Waals surface area (Å²) in [5, 5.41) is 8.30. The molecular weight excluding hydrogens is 158 g/mol. The molecule has 1 rings (SSSR count). The summed E-state index contributed by atoms with van der Waals surface area (Å²) in [5.41, 5.74) is 3.41. The van der Waals surface area contributed by atoms with Crippen LogP contribution < -0.4 is 0 Å². The minimum absolute atomic E-state index is 0.299. The molecule has 0 atom stereocenters. The highest BCUT2D eigenvalue weighted by Gasteiger charge is 1.90. The highest BCUT2D eigenvalue weighted by atomic mass is 14.2. The molecule has 13 heavy (non-hydrogen) atoms. The van der Waals surface area contributed by atoms with E-state index in [0.717, 1.165) is 5.56 Å². The van der Waals surface area contributed by atoms with Crippen molar-refractivity contribution in [3.05, 3.63) is 34.9 Å². The second-order valence-electron chi connectivity index (χ2n) is 3.01. The van der Waals surface area contributed by atoms with Gasteiger partial charge in [-0.1, -0.05) is 17.9 Å². The fourth-order valence-corrected chi connectivity index (χ4v) is 1.23. The van der Waals surface area contributed by atoms with Gasteiger partial charge in [-0.3, -0.25) is 0 Å². The molecule has 0 bridgehead atoms. The summed E-state index contributed by atoms with van der Waals surface area (Å²) in [7, 11) is 0. The summed E-state index contributed by atoms with van der Waals surface area (Å²) >= 11 is 0. The monoisotopic (exact) mass is 169 g/mol. The maximum atomic E-state index is 8.30. The van der Waals surface area contributed by atoms with Crippen molar-refractivity contribution < 1.29 is 0 Å². The van der Waals surface area contributed by atoms with Crippen LogP contribution in [0.4, 0.5) is 0 Å². The fourth-order valence-electron chi connectivity index (χ4n) is 1.23. The van der Waals surface area contributed by atoms with Crippen LogP contribution in [0.5, 0.6) is 0 Å². The standard InChI is InChI=1S/C12H11N/c1-10-7-11(2)9-12(8-10)5-3-4-6-13/h7-9H,4H2,1-2H3. The topological polar surface area (TPSA) is 23.8 Å². The molecule has 0 spiro atoms. The molecule has 0 heterocycles. The number of hydrogen-bond acceptors (Lipinski definition) is 1. The molecule has 0 aliphatic carbocycles. The number of hydrogen-bond donors (Lipinski definition) is 0. The molecule has 64 valence electrons. The average molecular weight is 169 g/mol. The zero-order chi connectivity index (χ0) is 9.68. The van der Waals surface area contributed by atoms with Crippen LogP contribution in [0, 0.1) is 37.0 Å². The number of nitriles is 1. The SMILES string of the molecule is Cc1cc(C)cc(C#CCC#N)c1. The van der Waals surface area contributed by atoms with E-state index in [1.165, 1.54) is 11.1 Å². The number of rotatable bonds is 0. The first kappa shape index (κ1) is 9.36. The van der Waals surface area contributed by atoms with E-state index in [9.17, 15) is 0 Å². The second-order valence-corrected chi connectivity index (χ2v) is 3.01. The molecule has 1 nitrogen and oxygen atoms in total. The lowest BCUT2D eigenvalue weighted by Crippen LogP contribution is -1.80. The highest BCUT2D eigenvalue weighted by molar-refractivity contribution is 5.40. The van der Waals surface area contributed by atoms with Crippen LogP contribution in [0.2, 0.25) is 0 Å². The second kappa shape index (κ2) is 4.33. The number of aryl methyl sites for hydroxylation is 2. The molecular formula is C12H11N. The normalized spacial score (nSPS) is 8.38. The molecule has 0 unspecified atom stereocenters. The minimum Gasteiger partial charge on any atom is -0.197 e. The van der Waals surface area contributed by atoms with E-state index >= 15 is 0 Å². The first-order valence-corrected chi connectivity index (χ1v) is 4.16. The summed E-state index contributed by atoms with van der Waals surface area (Å²) in [5.74, 6) is 5.75. The van der Waals surface area contributed by atoms with Gasteiger partial charge >= 0.3 is 0 Å². The summed E-state index contributed by atoms with van der Waals surface area (Å²) in [4.78, 5) is 0. The molecule has 0 saturated carbocycles. The minimum atomic E-state index is 0.299. The molecule has 0 aromatic heterocycles. The van der Waals surface area contributed by atoms with Crippen LogP contribution in [-0.4, -0.2) is 0 Å². The van der Waals surface area contributed by atoms with E-state index in [4.69, 9.17) is 5.26 Å². The van der Waals surface area contributed by atoms with Gasteiger partial charge in [0.15, 0.2) is 0 Å². The Kier molecular flexibility index (Phi) is 3.12. The van der Waals surface area contributed by atoms with Crippen molar-refractivity contribution >= 4 is 0 Å². The Morgan fingerprint density at radius 3 is 2.31 bits per heavy atom. The van der Waals surface area contributed by atoms with Gasteiger partial charge in [0.1, 0.15) is 0 Å². The lowest BCUT2D eigenvalue weighted by Gasteiger charge is -1.96. The van der Waals surface area contributed by atoms with Crippen molar-refractivity contribution in [2.75, 3.05) is 0 Å². The van der Waals surface area contributed by atoms with Gasteiger partial charge in [-0.15, -0.1) is 0 Å². The zero-order valence-corrected chi connectivity index (χ0v) is 7.89. The van der Waals surface area contributed by atoms with Gasteiger partial charge in [-0.25, -0.2) is 0 Å². The Labute approximate surface area is 79.0 Å². The van der Waals surface area contributed by atoms with E-state index in [1.807, 2.05) is 32.0 Å². The Bertz CT molecular complexity index is 379. The van der Waals surface area contributed by atoms with Crippen molar-refractivity contribution in [1.29, 1.82) is 5.26 Å². The maximum absolute atomic E-state index is 8.30. The van der Waals surface area contributed by atoms with Gasteiger partial charge in [0.05, 0.1) is 12.5 Å². The van der Waals surface area contributed by atoms with Gasteiger partial charge in [-0.05, 0) is 37.1 Å². The Morgan fingerprint density at radius 1 is 1.15 bits per heavy atom. The lowest BCUT2D eigenvalue weighted by atomic mass is 10.1. The number of benzene rings is 1. The first-order valence-electron chi connectivity index (χ1n) is 4.16. The van der Waals surface area contributed by atoms with Crippen molar-refractivity contribution in [2.24, 2.45) is 0 Å². The fraction of sp³-hybridized carbons (Fsp3) is 0.250. The Morgan fingerprint density at radius 2 is 1.77 bits per heavy atom. The molecule has 0 radical (unpaired) electrons. The van der Waals surface area contributed by atoms with E-state index in [1.54, 1.807) is 0 Å². The summed E-state index contributed by atoms with van der Waals surface area (Å²) < 4.78 is 0. The van der Waals surface area contributed by atoms with Gasteiger partial charge in [0.2, 0.25) is 0 Å². The predicted molar refractivity (Wildman–Crippen MR) is 53.0 cm³/mol. The summed E-state index contributed by atoms with van der Waals surface area (Å²) in [6.45, 7) is 4.09. The third kappa shape index (κ3) is 3.01. The smallest absolute Gasteiger partial charge is 0.0966 e. The van der Waals surface area contributed by atoms with Crippen molar-refractivity contribution in [2.45, 2.75) is 20.3 Å². The van der Waals surface area contributed by atoms with Crippen molar-refractivity contribution in [3.8, 4) is 17.9 Å². The van der Waals surface area contributed by atoms with Gasteiger partial charge < -0.3 is 0 Å². The van der Waals surface area contributed by atoms with Crippen molar-refractivity contribution in [1.82, 2.24) is 0 Å². The first-order chi connectivity index (χ1) is 6.22. The van der Waals surface area contributed by atoms with E-state index in [0.29, 0.717) is 6.42 Å². The quantitative estimate of drug-likeness (QED) is 0.547.